The highest BCUT2D eigenvalue weighted by Crippen LogP contribution is 2.20. The number of amides is 2. The molecule has 6 nitrogen and oxygen atoms in total. The predicted molar refractivity (Wildman–Crippen MR) is 82.9 cm³/mol. The molecular weight excluding hydrogens is 321 g/mol. The lowest BCUT2D eigenvalue weighted by Crippen LogP contribution is -2.53. The first-order chi connectivity index (χ1) is 11.1. The molecule has 0 atom stereocenters. The number of rotatable bonds is 4. The van der Waals surface area contributed by atoms with Crippen LogP contribution in [0.3, 0.4) is 0 Å². The zero-order valence-corrected chi connectivity index (χ0v) is 13.0. The lowest BCUT2D eigenvalue weighted by Gasteiger charge is -2.32. The molecule has 2 heterocycles. The highest BCUT2D eigenvalue weighted by atomic mass is 32.1. The first-order valence-electron chi connectivity index (χ1n) is 6.99. The number of piperazine rings is 1. The third-order valence-electron chi connectivity index (χ3n) is 3.40. The van der Waals surface area contributed by atoms with Gasteiger partial charge in [-0.15, -0.1) is 11.3 Å². The molecule has 1 fully saturated rings. The molecule has 3 rings (SSSR count). The van der Waals surface area contributed by atoms with Gasteiger partial charge in [-0.1, -0.05) is 0 Å². The van der Waals surface area contributed by atoms with E-state index in [1.54, 1.807) is 16.5 Å². The SMILES string of the molecule is O=C(COc1ccc(F)cc1)N1CCN(c2nccs2)C(=O)C1. The average molecular weight is 335 g/mol. The summed E-state index contributed by atoms with van der Waals surface area (Å²) in [6.45, 7) is 0.660. The van der Waals surface area contributed by atoms with Crippen LogP contribution in [0.5, 0.6) is 5.75 Å². The van der Waals surface area contributed by atoms with Crippen molar-refractivity contribution >= 4 is 28.3 Å². The number of benzene rings is 1. The van der Waals surface area contributed by atoms with Gasteiger partial charge in [-0.3, -0.25) is 14.5 Å². The first kappa shape index (κ1) is 15.4. The van der Waals surface area contributed by atoms with Gasteiger partial charge in [-0.25, -0.2) is 9.37 Å². The molecule has 8 heteroatoms. The number of ether oxygens (including phenoxy) is 1. The third-order valence-corrected chi connectivity index (χ3v) is 4.19. The Kier molecular flexibility index (Phi) is 4.52. The lowest BCUT2D eigenvalue weighted by molar-refractivity contribution is -0.138. The summed E-state index contributed by atoms with van der Waals surface area (Å²) in [6, 6.07) is 5.43. The Hall–Kier alpha value is -2.48. The molecule has 2 amide bonds. The Balaban J connectivity index is 1.53. The van der Waals surface area contributed by atoms with E-state index in [1.165, 1.54) is 40.5 Å². The van der Waals surface area contributed by atoms with Crippen LogP contribution in [0, 0.1) is 5.82 Å². The molecule has 120 valence electrons. The quantitative estimate of drug-likeness (QED) is 0.850. The molecule has 0 bridgehead atoms. The van der Waals surface area contributed by atoms with Crippen LogP contribution < -0.4 is 9.64 Å². The van der Waals surface area contributed by atoms with E-state index in [1.807, 2.05) is 0 Å². The second-order valence-electron chi connectivity index (χ2n) is 4.92. The van der Waals surface area contributed by atoms with Gasteiger partial charge >= 0.3 is 0 Å². The molecule has 2 aromatic rings. The molecule has 0 unspecified atom stereocenters. The normalized spacial score (nSPS) is 14.9. The molecule has 1 aromatic heterocycles. The van der Waals surface area contributed by atoms with Crippen LogP contribution in [-0.4, -0.2) is 47.9 Å². The maximum atomic E-state index is 12.8. The van der Waals surface area contributed by atoms with Crippen molar-refractivity contribution in [2.45, 2.75) is 0 Å². The van der Waals surface area contributed by atoms with Crippen molar-refractivity contribution in [1.82, 2.24) is 9.88 Å². The zero-order valence-electron chi connectivity index (χ0n) is 12.1. The van der Waals surface area contributed by atoms with Crippen molar-refractivity contribution in [2.75, 3.05) is 31.1 Å². The van der Waals surface area contributed by atoms with Gasteiger partial charge in [0.1, 0.15) is 18.1 Å². The minimum atomic E-state index is -0.368. The highest BCUT2D eigenvalue weighted by molar-refractivity contribution is 7.13. The second kappa shape index (κ2) is 6.74. The molecule has 0 N–H and O–H groups in total. The lowest BCUT2D eigenvalue weighted by atomic mass is 10.3. The van der Waals surface area contributed by atoms with Gasteiger partial charge in [-0.05, 0) is 24.3 Å². The summed E-state index contributed by atoms with van der Waals surface area (Å²) in [5.41, 5.74) is 0. The van der Waals surface area contributed by atoms with Gasteiger partial charge in [-0.2, -0.15) is 0 Å². The van der Waals surface area contributed by atoms with Gasteiger partial charge in [0.05, 0.1) is 0 Å². The predicted octanol–water partition coefficient (Wildman–Crippen LogP) is 1.54. The van der Waals surface area contributed by atoms with E-state index in [4.69, 9.17) is 4.74 Å². The minimum absolute atomic E-state index is 0.00515. The summed E-state index contributed by atoms with van der Waals surface area (Å²) in [5.74, 6) is -0.400. The summed E-state index contributed by atoms with van der Waals surface area (Å²) in [5, 5.41) is 2.45. The van der Waals surface area contributed by atoms with Crippen LogP contribution in [0.1, 0.15) is 0 Å². The van der Waals surface area contributed by atoms with Gasteiger partial charge < -0.3 is 9.64 Å². The van der Waals surface area contributed by atoms with E-state index in [2.05, 4.69) is 4.98 Å². The Morgan fingerprint density at radius 3 is 2.74 bits per heavy atom. The van der Waals surface area contributed by atoms with Crippen molar-refractivity contribution in [3.63, 3.8) is 0 Å². The van der Waals surface area contributed by atoms with Crippen LogP contribution in [-0.2, 0) is 9.59 Å². The monoisotopic (exact) mass is 335 g/mol. The van der Waals surface area contributed by atoms with Crippen molar-refractivity contribution in [1.29, 1.82) is 0 Å². The molecule has 0 aliphatic carbocycles. The molecule has 1 saturated heterocycles. The Bertz CT molecular complexity index is 691. The van der Waals surface area contributed by atoms with Crippen LogP contribution >= 0.6 is 11.3 Å². The Labute approximate surface area is 136 Å². The van der Waals surface area contributed by atoms with E-state index in [-0.39, 0.29) is 30.8 Å². The summed E-state index contributed by atoms with van der Waals surface area (Å²) < 4.78 is 18.1. The van der Waals surface area contributed by atoms with Crippen LogP contribution in [0.25, 0.3) is 0 Å². The van der Waals surface area contributed by atoms with Crippen molar-refractivity contribution in [3.05, 3.63) is 41.7 Å². The van der Waals surface area contributed by atoms with Gasteiger partial charge in [0.15, 0.2) is 11.7 Å². The number of aromatic nitrogens is 1. The van der Waals surface area contributed by atoms with E-state index >= 15 is 0 Å². The largest absolute Gasteiger partial charge is 0.484 e. The fourth-order valence-electron chi connectivity index (χ4n) is 2.20. The molecule has 0 saturated carbocycles. The molecule has 1 aromatic carbocycles. The highest BCUT2D eigenvalue weighted by Gasteiger charge is 2.29. The van der Waals surface area contributed by atoms with Crippen LogP contribution in [0.2, 0.25) is 0 Å². The van der Waals surface area contributed by atoms with Crippen LogP contribution in [0.4, 0.5) is 9.52 Å². The van der Waals surface area contributed by atoms with E-state index < -0.39 is 0 Å². The number of hydrogen-bond donors (Lipinski definition) is 0. The summed E-state index contributed by atoms with van der Waals surface area (Å²) in [6.07, 6.45) is 1.64. The van der Waals surface area contributed by atoms with Crippen LogP contribution in [0.15, 0.2) is 35.8 Å². The van der Waals surface area contributed by atoms with Gasteiger partial charge in [0.25, 0.3) is 5.91 Å². The number of anilines is 1. The van der Waals surface area contributed by atoms with Crippen molar-refractivity contribution in [3.8, 4) is 5.75 Å². The molecular formula is C15H14FN3O3S. The summed E-state index contributed by atoms with van der Waals surface area (Å²) in [7, 11) is 0. The average Bonchev–Trinajstić information content (AvgIpc) is 3.08. The molecule has 1 aliphatic rings. The summed E-state index contributed by atoms with van der Waals surface area (Å²) in [4.78, 5) is 31.4. The smallest absolute Gasteiger partial charge is 0.261 e. The number of carbonyl (C=O) groups is 2. The summed E-state index contributed by atoms with van der Waals surface area (Å²) >= 11 is 1.39. The van der Waals surface area contributed by atoms with Crippen molar-refractivity contribution in [2.24, 2.45) is 0 Å². The van der Waals surface area contributed by atoms with E-state index in [0.29, 0.717) is 24.0 Å². The van der Waals surface area contributed by atoms with Gasteiger partial charge in [0.2, 0.25) is 5.91 Å². The Morgan fingerprint density at radius 2 is 2.09 bits per heavy atom. The Morgan fingerprint density at radius 1 is 1.30 bits per heavy atom. The van der Waals surface area contributed by atoms with E-state index in [9.17, 15) is 14.0 Å². The number of hydrogen-bond acceptors (Lipinski definition) is 5. The first-order valence-corrected chi connectivity index (χ1v) is 7.87. The molecule has 0 spiro atoms. The fraction of sp³-hybridized carbons (Fsp3) is 0.267. The molecule has 23 heavy (non-hydrogen) atoms. The maximum Gasteiger partial charge on any atom is 0.261 e. The van der Waals surface area contributed by atoms with Crippen molar-refractivity contribution < 1.29 is 18.7 Å². The number of thiazole rings is 1. The molecule has 0 radical (unpaired) electrons. The number of nitrogens with zero attached hydrogens (tertiary/aromatic N) is 3. The zero-order chi connectivity index (χ0) is 16.2. The standard InChI is InChI=1S/C15H14FN3O3S/c16-11-1-3-12(4-2-11)22-10-14(21)18-6-7-19(13(20)9-18)15-17-5-8-23-15/h1-5,8H,6-7,9-10H2. The maximum absolute atomic E-state index is 12.8. The second-order valence-corrected chi connectivity index (χ2v) is 5.79. The van der Waals surface area contributed by atoms with Gasteiger partial charge in [0, 0.05) is 24.7 Å². The number of halogens is 1. The molecule has 1 aliphatic heterocycles. The minimum Gasteiger partial charge on any atom is -0.484 e. The number of carbonyl (C=O) groups excluding carboxylic acids is 2. The third kappa shape index (κ3) is 3.65. The van der Waals surface area contributed by atoms with E-state index in [0.717, 1.165) is 0 Å². The fourth-order valence-corrected chi connectivity index (χ4v) is 2.89. The topological polar surface area (TPSA) is 62.7 Å².